The smallest absolute Gasteiger partial charge is 0.165 e. The Labute approximate surface area is 180 Å². The molecular weight excluding hydrogens is 372 g/mol. The molecule has 0 amide bonds. The average molecular weight is 407 g/mol. The summed E-state index contributed by atoms with van der Waals surface area (Å²) in [5, 5.41) is 10.2. The van der Waals surface area contributed by atoms with Gasteiger partial charge in [-0.15, -0.1) is 0 Å². The molecule has 0 saturated heterocycles. The van der Waals surface area contributed by atoms with E-state index in [0.717, 1.165) is 61.8 Å². The molecule has 160 valence electrons. The number of carbonyl (C=O) groups excluding carboxylic acids is 1. The van der Waals surface area contributed by atoms with Crippen molar-refractivity contribution in [2.75, 3.05) is 7.11 Å². The molecule has 1 N–H and O–H groups in total. The van der Waals surface area contributed by atoms with Crippen molar-refractivity contribution < 1.29 is 14.6 Å². The summed E-state index contributed by atoms with van der Waals surface area (Å²) in [6, 6.07) is 8.00. The van der Waals surface area contributed by atoms with Crippen LogP contribution in [-0.4, -0.2) is 24.1 Å². The molecule has 0 aromatic heterocycles. The number of hydrogen-bond acceptors (Lipinski definition) is 3. The SMILES string of the molecule is COc1ccc(/C=C2/C[C@@H]3[C@H]4CC=C5C[C@H](O)CC[C@]5(C)[C@@H]4CC[C@]3(C)C2=O)cc1. The summed E-state index contributed by atoms with van der Waals surface area (Å²) in [6.45, 7) is 4.67. The normalized spacial score (nSPS) is 41.7. The van der Waals surface area contributed by atoms with Crippen molar-refractivity contribution in [1.29, 1.82) is 0 Å². The second-order valence-electron chi connectivity index (χ2n) is 10.6. The lowest BCUT2D eigenvalue weighted by molar-refractivity contribution is -0.130. The Morgan fingerprint density at radius 1 is 1.03 bits per heavy atom. The third-order valence-corrected chi connectivity index (χ3v) is 9.17. The lowest BCUT2D eigenvalue weighted by atomic mass is 9.48. The first kappa shape index (κ1) is 20.1. The predicted molar refractivity (Wildman–Crippen MR) is 119 cm³/mol. The van der Waals surface area contributed by atoms with E-state index in [1.54, 1.807) is 7.11 Å². The van der Waals surface area contributed by atoms with Gasteiger partial charge in [-0.05, 0) is 97.5 Å². The Morgan fingerprint density at radius 2 is 1.77 bits per heavy atom. The van der Waals surface area contributed by atoms with Gasteiger partial charge in [0.1, 0.15) is 5.75 Å². The third-order valence-electron chi connectivity index (χ3n) is 9.17. The van der Waals surface area contributed by atoms with E-state index in [0.29, 0.717) is 23.5 Å². The maximum atomic E-state index is 13.5. The highest BCUT2D eigenvalue weighted by Crippen LogP contribution is 2.64. The first-order valence-electron chi connectivity index (χ1n) is 11.6. The van der Waals surface area contributed by atoms with E-state index >= 15 is 0 Å². The molecule has 0 bridgehead atoms. The van der Waals surface area contributed by atoms with Crippen molar-refractivity contribution in [2.24, 2.45) is 28.6 Å². The van der Waals surface area contributed by atoms with E-state index in [2.05, 4.69) is 26.0 Å². The number of methoxy groups -OCH3 is 1. The van der Waals surface area contributed by atoms with Gasteiger partial charge in [0.15, 0.2) is 5.78 Å². The molecule has 3 saturated carbocycles. The molecule has 3 nitrogen and oxygen atoms in total. The van der Waals surface area contributed by atoms with Crippen LogP contribution in [0.2, 0.25) is 0 Å². The van der Waals surface area contributed by atoms with Crippen LogP contribution in [0.1, 0.15) is 64.4 Å². The molecule has 0 heterocycles. The van der Waals surface area contributed by atoms with E-state index in [1.165, 1.54) is 5.57 Å². The zero-order valence-corrected chi connectivity index (χ0v) is 18.5. The van der Waals surface area contributed by atoms with Crippen LogP contribution in [0.3, 0.4) is 0 Å². The number of ketones is 1. The van der Waals surface area contributed by atoms with Gasteiger partial charge >= 0.3 is 0 Å². The first-order valence-corrected chi connectivity index (χ1v) is 11.6. The Kier molecular flexibility index (Phi) is 4.74. The van der Waals surface area contributed by atoms with Crippen molar-refractivity contribution in [3.8, 4) is 5.75 Å². The van der Waals surface area contributed by atoms with Crippen molar-refractivity contribution in [1.82, 2.24) is 0 Å². The number of aliphatic hydroxyl groups is 1. The fraction of sp³-hybridized carbons (Fsp3) is 0.593. The van der Waals surface area contributed by atoms with Gasteiger partial charge < -0.3 is 9.84 Å². The summed E-state index contributed by atoms with van der Waals surface area (Å²) >= 11 is 0. The molecule has 5 rings (SSSR count). The number of aliphatic hydroxyl groups excluding tert-OH is 1. The van der Waals surface area contributed by atoms with E-state index < -0.39 is 0 Å². The highest BCUT2D eigenvalue weighted by Gasteiger charge is 2.59. The van der Waals surface area contributed by atoms with Gasteiger partial charge in [-0.3, -0.25) is 4.79 Å². The number of fused-ring (bicyclic) bond motifs is 5. The Balaban J connectivity index is 1.45. The number of carbonyl (C=O) groups is 1. The summed E-state index contributed by atoms with van der Waals surface area (Å²) < 4.78 is 5.26. The molecule has 0 radical (unpaired) electrons. The van der Waals surface area contributed by atoms with Crippen LogP contribution >= 0.6 is 0 Å². The van der Waals surface area contributed by atoms with Gasteiger partial charge in [0.25, 0.3) is 0 Å². The number of rotatable bonds is 2. The number of Topliss-reactive ketones (excluding diaryl/α,β-unsaturated/α-hetero) is 1. The van der Waals surface area contributed by atoms with Crippen LogP contribution in [0.5, 0.6) is 5.75 Å². The minimum atomic E-state index is -0.213. The van der Waals surface area contributed by atoms with Gasteiger partial charge in [0, 0.05) is 5.41 Å². The van der Waals surface area contributed by atoms with E-state index in [4.69, 9.17) is 4.74 Å². The Hall–Kier alpha value is -1.87. The van der Waals surface area contributed by atoms with Gasteiger partial charge in [-0.2, -0.15) is 0 Å². The third kappa shape index (κ3) is 2.92. The average Bonchev–Trinajstić information content (AvgIpc) is 3.00. The monoisotopic (exact) mass is 406 g/mol. The van der Waals surface area contributed by atoms with E-state index in [9.17, 15) is 9.90 Å². The quantitative estimate of drug-likeness (QED) is 0.515. The molecule has 0 aliphatic heterocycles. The molecule has 0 unspecified atom stereocenters. The molecule has 1 aromatic rings. The van der Waals surface area contributed by atoms with Gasteiger partial charge in [-0.25, -0.2) is 0 Å². The molecule has 3 fully saturated rings. The standard InChI is InChI=1S/C27H34O3/c1-26-12-10-20(28)16-19(26)6-9-22-23(26)11-13-27(2)24(22)15-18(25(27)29)14-17-4-7-21(30-3)8-5-17/h4-8,14,20,22-24,28H,9-13,15-16H2,1-3H3/b18-14-/t20-,22+,23-,24-,26+,27+/m1/s1. The topological polar surface area (TPSA) is 46.5 Å². The van der Waals surface area contributed by atoms with Gasteiger partial charge in [-0.1, -0.05) is 37.6 Å². The fourth-order valence-corrected chi connectivity index (χ4v) is 7.34. The van der Waals surface area contributed by atoms with Crippen LogP contribution < -0.4 is 4.74 Å². The van der Waals surface area contributed by atoms with Crippen molar-refractivity contribution in [2.45, 2.75) is 64.9 Å². The van der Waals surface area contributed by atoms with Crippen molar-refractivity contribution in [3.63, 3.8) is 0 Å². The van der Waals surface area contributed by atoms with Crippen molar-refractivity contribution in [3.05, 3.63) is 47.1 Å². The molecule has 6 atom stereocenters. The molecule has 4 aliphatic carbocycles. The minimum Gasteiger partial charge on any atom is -0.497 e. The molecule has 0 spiro atoms. The van der Waals surface area contributed by atoms with E-state index in [1.807, 2.05) is 24.3 Å². The second kappa shape index (κ2) is 7.09. The fourth-order valence-electron chi connectivity index (χ4n) is 7.34. The zero-order chi connectivity index (χ0) is 21.1. The molecule has 30 heavy (non-hydrogen) atoms. The van der Waals surface area contributed by atoms with Crippen LogP contribution in [0, 0.1) is 28.6 Å². The second-order valence-corrected chi connectivity index (χ2v) is 10.6. The predicted octanol–water partition coefficient (Wildman–Crippen LogP) is 5.58. The highest BCUT2D eigenvalue weighted by molar-refractivity contribution is 6.05. The van der Waals surface area contributed by atoms with Crippen molar-refractivity contribution >= 4 is 11.9 Å². The van der Waals surface area contributed by atoms with Gasteiger partial charge in [0.2, 0.25) is 0 Å². The highest BCUT2D eigenvalue weighted by atomic mass is 16.5. The summed E-state index contributed by atoms with van der Waals surface area (Å²) in [5.41, 5.74) is 3.58. The van der Waals surface area contributed by atoms with Crippen LogP contribution in [0.4, 0.5) is 0 Å². The number of allylic oxidation sites excluding steroid dienone is 2. The van der Waals surface area contributed by atoms with E-state index in [-0.39, 0.29) is 16.9 Å². The largest absolute Gasteiger partial charge is 0.497 e. The Bertz CT molecular complexity index is 911. The molecular formula is C27H34O3. The first-order chi connectivity index (χ1) is 14.3. The van der Waals surface area contributed by atoms with Crippen LogP contribution in [0.15, 0.2) is 41.5 Å². The minimum absolute atomic E-state index is 0.165. The summed E-state index contributed by atoms with van der Waals surface area (Å²) in [6.07, 6.45) is 11.4. The van der Waals surface area contributed by atoms with Gasteiger partial charge in [0.05, 0.1) is 13.2 Å². The Morgan fingerprint density at radius 3 is 2.50 bits per heavy atom. The lowest BCUT2D eigenvalue weighted by Crippen LogP contribution is -2.50. The van der Waals surface area contributed by atoms with Crippen LogP contribution in [0.25, 0.3) is 6.08 Å². The maximum Gasteiger partial charge on any atom is 0.165 e. The summed E-state index contributed by atoms with van der Waals surface area (Å²) in [7, 11) is 1.67. The van der Waals surface area contributed by atoms with Crippen LogP contribution in [-0.2, 0) is 4.79 Å². The number of benzene rings is 1. The molecule has 1 aromatic carbocycles. The molecule has 3 heteroatoms. The zero-order valence-electron chi connectivity index (χ0n) is 18.5. The lowest BCUT2D eigenvalue weighted by Gasteiger charge is -2.56. The maximum absolute atomic E-state index is 13.5. The summed E-state index contributed by atoms with van der Waals surface area (Å²) in [4.78, 5) is 13.5. The number of ether oxygens (including phenoxy) is 1. The number of hydrogen-bond donors (Lipinski definition) is 1. The molecule has 4 aliphatic rings. The summed E-state index contributed by atoms with van der Waals surface area (Å²) in [5.74, 6) is 2.89.